The van der Waals surface area contributed by atoms with Gasteiger partial charge in [-0.3, -0.25) is 0 Å². The van der Waals surface area contributed by atoms with Gasteiger partial charge in [-0.05, 0) is 42.9 Å². The summed E-state index contributed by atoms with van der Waals surface area (Å²) in [6, 6.07) is 0. The molecule has 2 atom stereocenters. The summed E-state index contributed by atoms with van der Waals surface area (Å²) in [5, 5.41) is 0. The van der Waals surface area contributed by atoms with Crippen molar-refractivity contribution in [1.29, 1.82) is 0 Å². The maximum atomic E-state index is 2.50. The number of hydrogen-bond donors (Lipinski definition) is 0. The zero-order chi connectivity index (χ0) is 8.60. The van der Waals surface area contributed by atoms with E-state index in [4.69, 9.17) is 0 Å². The molecule has 2 rings (SSSR count). The molecule has 1 spiro atoms. The second-order valence-corrected chi connectivity index (χ2v) is 5.34. The highest BCUT2D eigenvalue weighted by Gasteiger charge is 2.42. The van der Waals surface area contributed by atoms with Gasteiger partial charge < -0.3 is 0 Å². The molecule has 0 N–H and O–H groups in total. The molecule has 0 aromatic heterocycles. The fourth-order valence-electron chi connectivity index (χ4n) is 3.14. The Hall–Kier alpha value is 0. The Morgan fingerprint density at radius 2 is 1.67 bits per heavy atom. The highest BCUT2D eigenvalue weighted by atomic mass is 14.5. The van der Waals surface area contributed by atoms with Crippen LogP contribution >= 0.6 is 0 Å². The van der Waals surface area contributed by atoms with Crippen LogP contribution < -0.4 is 0 Å². The maximum Gasteiger partial charge on any atom is -0.0272 e. The van der Waals surface area contributed by atoms with Crippen molar-refractivity contribution in [1.82, 2.24) is 0 Å². The van der Waals surface area contributed by atoms with Gasteiger partial charge in [0.2, 0.25) is 0 Å². The molecule has 0 aromatic rings. The van der Waals surface area contributed by atoms with Crippen LogP contribution in [-0.4, -0.2) is 0 Å². The lowest BCUT2D eigenvalue weighted by Gasteiger charge is -2.46. The first kappa shape index (κ1) is 8.59. The molecular formula is C12H22. The summed E-state index contributed by atoms with van der Waals surface area (Å²) in [4.78, 5) is 0. The van der Waals surface area contributed by atoms with Crippen molar-refractivity contribution < 1.29 is 0 Å². The highest BCUT2D eigenvalue weighted by molar-refractivity contribution is 4.93. The van der Waals surface area contributed by atoms with E-state index in [2.05, 4.69) is 13.8 Å². The Morgan fingerprint density at radius 1 is 0.917 bits per heavy atom. The average molecular weight is 166 g/mol. The molecule has 70 valence electrons. The topological polar surface area (TPSA) is 0 Å². The second kappa shape index (κ2) is 3.05. The minimum Gasteiger partial charge on any atom is -0.0625 e. The van der Waals surface area contributed by atoms with Crippen LogP contribution in [0.15, 0.2) is 0 Å². The van der Waals surface area contributed by atoms with Crippen molar-refractivity contribution in [3.05, 3.63) is 0 Å². The first-order chi connectivity index (χ1) is 5.73. The van der Waals surface area contributed by atoms with Gasteiger partial charge in [0.1, 0.15) is 0 Å². The predicted octanol–water partition coefficient (Wildman–Crippen LogP) is 4.00. The summed E-state index contributed by atoms with van der Waals surface area (Å²) in [6.45, 7) is 4.93. The average Bonchev–Trinajstić information content (AvgIpc) is 2.11. The van der Waals surface area contributed by atoms with Crippen molar-refractivity contribution in [2.45, 2.75) is 58.8 Å². The molecule has 2 aliphatic carbocycles. The fraction of sp³-hybridized carbons (Fsp3) is 1.00. The third-order valence-corrected chi connectivity index (χ3v) is 4.62. The van der Waals surface area contributed by atoms with Crippen LogP contribution in [-0.2, 0) is 0 Å². The van der Waals surface area contributed by atoms with E-state index in [0.717, 1.165) is 17.3 Å². The zero-order valence-electron chi connectivity index (χ0n) is 8.60. The van der Waals surface area contributed by atoms with E-state index < -0.39 is 0 Å². The molecule has 0 amide bonds. The zero-order valence-corrected chi connectivity index (χ0v) is 8.60. The first-order valence-electron chi connectivity index (χ1n) is 5.73. The summed E-state index contributed by atoms with van der Waals surface area (Å²) in [5.41, 5.74) is 0.824. The molecule has 0 bridgehead atoms. The van der Waals surface area contributed by atoms with Gasteiger partial charge in [0, 0.05) is 0 Å². The molecule has 12 heavy (non-hydrogen) atoms. The Bertz CT molecular complexity index is 155. The lowest BCUT2D eigenvalue weighted by molar-refractivity contribution is 0.0500. The van der Waals surface area contributed by atoms with Gasteiger partial charge in [-0.25, -0.2) is 0 Å². The van der Waals surface area contributed by atoms with Gasteiger partial charge in [-0.1, -0.05) is 33.1 Å². The lowest BCUT2D eigenvalue weighted by Crippen LogP contribution is -2.35. The van der Waals surface area contributed by atoms with Gasteiger partial charge in [-0.15, -0.1) is 0 Å². The molecule has 0 aliphatic heterocycles. The van der Waals surface area contributed by atoms with Crippen molar-refractivity contribution in [3.8, 4) is 0 Å². The molecule has 0 heterocycles. The molecule has 0 nitrogen and oxygen atoms in total. The van der Waals surface area contributed by atoms with E-state index in [-0.39, 0.29) is 0 Å². The fourth-order valence-corrected chi connectivity index (χ4v) is 3.14. The van der Waals surface area contributed by atoms with Gasteiger partial charge in [-0.2, -0.15) is 0 Å². The smallest absolute Gasteiger partial charge is 0.0272 e. The van der Waals surface area contributed by atoms with Crippen LogP contribution in [0.4, 0.5) is 0 Å². The molecule has 0 aromatic carbocycles. The summed E-state index contributed by atoms with van der Waals surface area (Å²) in [5.74, 6) is 2.03. The van der Waals surface area contributed by atoms with Crippen LogP contribution in [0.3, 0.4) is 0 Å². The van der Waals surface area contributed by atoms with Crippen LogP contribution in [0.1, 0.15) is 58.8 Å². The minimum atomic E-state index is 0.824. The second-order valence-electron chi connectivity index (χ2n) is 5.34. The third-order valence-electron chi connectivity index (χ3n) is 4.62. The Kier molecular flexibility index (Phi) is 2.18. The lowest BCUT2D eigenvalue weighted by atomic mass is 9.59. The first-order valence-corrected chi connectivity index (χ1v) is 5.73. The largest absolute Gasteiger partial charge is 0.0625 e. The van der Waals surface area contributed by atoms with E-state index in [0.29, 0.717) is 0 Å². The predicted molar refractivity (Wildman–Crippen MR) is 53.1 cm³/mol. The van der Waals surface area contributed by atoms with Crippen LogP contribution in [0.2, 0.25) is 0 Å². The van der Waals surface area contributed by atoms with Crippen LogP contribution in [0.5, 0.6) is 0 Å². The summed E-state index contributed by atoms with van der Waals surface area (Å²) >= 11 is 0. The molecule has 0 radical (unpaired) electrons. The summed E-state index contributed by atoms with van der Waals surface area (Å²) in [7, 11) is 0. The van der Waals surface area contributed by atoms with Crippen molar-refractivity contribution in [3.63, 3.8) is 0 Å². The van der Waals surface area contributed by atoms with E-state index in [9.17, 15) is 0 Å². The van der Waals surface area contributed by atoms with Crippen molar-refractivity contribution in [2.75, 3.05) is 0 Å². The quantitative estimate of drug-likeness (QED) is 0.510. The molecule has 0 saturated heterocycles. The van der Waals surface area contributed by atoms with Crippen LogP contribution in [0, 0.1) is 17.3 Å². The monoisotopic (exact) mass is 166 g/mol. The Labute approximate surface area is 76.7 Å². The van der Waals surface area contributed by atoms with E-state index in [1.54, 1.807) is 12.8 Å². The van der Waals surface area contributed by atoms with Crippen molar-refractivity contribution in [2.24, 2.45) is 17.3 Å². The standard InChI is InChI=1S/C12H22/c1-10-4-5-11(2)12(9-6-10)7-3-8-12/h10-11H,3-9H2,1-2H3. The molecule has 2 aliphatic rings. The third kappa shape index (κ3) is 1.30. The van der Waals surface area contributed by atoms with Gasteiger partial charge in [0.25, 0.3) is 0 Å². The van der Waals surface area contributed by atoms with Gasteiger partial charge >= 0.3 is 0 Å². The number of rotatable bonds is 0. The van der Waals surface area contributed by atoms with Crippen LogP contribution in [0.25, 0.3) is 0 Å². The normalized spacial score (nSPS) is 40.5. The minimum absolute atomic E-state index is 0.824. The summed E-state index contributed by atoms with van der Waals surface area (Å²) in [6.07, 6.45) is 10.6. The van der Waals surface area contributed by atoms with E-state index in [1.807, 2.05) is 0 Å². The van der Waals surface area contributed by atoms with E-state index in [1.165, 1.54) is 32.1 Å². The Morgan fingerprint density at radius 3 is 2.25 bits per heavy atom. The molecule has 2 fully saturated rings. The maximum absolute atomic E-state index is 2.50. The van der Waals surface area contributed by atoms with Gasteiger partial charge in [0.15, 0.2) is 0 Å². The molecule has 2 saturated carbocycles. The molecule has 0 heteroatoms. The number of hydrogen-bond acceptors (Lipinski definition) is 0. The Balaban J connectivity index is 2.02. The highest BCUT2D eigenvalue weighted by Crippen LogP contribution is 2.54. The summed E-state index contributed by atoms with van der Waals surface area (Å²) < 4.78 is 0. The van der Waals surface area contributed by atoms with E-state index >= 15 is 0 Å². The molecule has 2 unspecified atom stereocenters. The van der Waals surface area contributed by atoms with Gasteiger partial charge in [0.05, 0.1) is 0 Å². The molecular weight excluding hydrogens is 144 g/mol. The van der Waals surface area contributed by atoms with Crippen molar-refractivity contribution >= 4 is 0 Å². The SMILES string of the molecule is CC1CCC(C)C2(CCC2)CC1.